The van der Waals surface area contributed by atoms with Crippen molar-refractivity contribution in [2.24, 2.45) is 0 Å². The zero-order valence-corrected chi connectivity index (χ0v) is 20.4. The zero-order chi connectivity index (χ0) is 24.2. The molecule has 2 aliphatic heterocycles. The second-order valence-corrected chi connectivity index (χ2v) is 10.5. The molecule has 35 heavy (non-hydrogen) atoms. The summed E-state index contributed by atoms with van der Waals surface area (Å²) in [5, 5.41) is 0. The minimum atomic E-state index is -4.34. The average molecular weight is 545 g/mol. The van der Waals surface area contributed by atoms with Crippen LogP contribution in [0.4, 0.5) is 0 Å². The molecule has 0 fully saturated rings. The van der Waals surface area contributed by atoms with Gasteiger partial charge in [-0.15, -0.1) is 0 Å². The molecule has 0 unspecified atom stereocenters. The van der Waals surface area contributed by atoms with E-state index >= 15 is 0 Å². The molecule has 0 aliphatic carbocycles. The SMILES string of the molecule is O=S(=O)(O)c1ccc(-c2cc3cc4nc(cc5ccc(cc6nc(cc2[nH]3)C=C6)[nH]5)C=C4)cc1Br. The number of aromatic amines is 2. The fraction of sp³-hybridized carbons (Fsp3) is 0. The second-order valence-electron chi connectivity index (χ2n) is 8.21. The Morgan fingerprint density at radius 3 is 1.83 bits per heavy atom. The third-order valence-electron chi connectivity index (χ3n) is 5.69. The standard InChI is InChI=1S/C26H17BrN4O3S/c27-24-9-15(1-8-26(24)35(32,33)34)23-13-22-12-20-5-4-18(29-20)10-16-2-3-17(28-16)11-19-6-7-21(30-19)14-25(23)31-22/h1-14,28,31H,(H,32,33,34). The fourth-order valence-electron chi connectivity index (χ4n) is 4.13. The van der Waals surface area contributed by atoms with E-state index in [0.29, 0.717) is 0 Å². The smallest absolute Gasteiger partial charge is 0.295 e. The van der Waals surface area contributed by atoms with Crippen LogP contribution in [0.3, 0.4) is 0 Å². The average Bonchev–Trinajstić information content (AvgIpc) is 3.58. The number of benzene rings is 1. The summed E-state index contributed by atoms with van der Waals surface area (Å²) >= 11 is 3.27. The predicted octanol–water partition coefficient (Wildman–Crippen LogP) is 6.33. The third-order valence-corrected chi connectivity index (χ3v) is 7.52. The summed E-state index contributed by atoms with van der Waals surface area (Å²) in [6, 6.07) is 18.5. The maximum Gasteiger partial charge on any atom is 0.295 e. The summed E-state index contributed by atoms with van der Waals surface area (Å²) in [5.41, 5.74) is 8.40. The van der Waals surface area contributed by atoms with Crippen LogP contribution in [-0.4, -0.2) is 32.9 Å². The van der Waals surface area contributed by atoms with Crippen molar-refractivity contribution < 1.29 is 13.0 Å². The molecule has 9 heteroatoms. The van der Waals surface area contributed by atoms with Crippen molar-refractivity contribution in [2.75, 3.05) is 0 Å². The molecule has 0 atom stereocenters. The van der Waals surface area contributed by atoms with E-state index in [1.165, 1.54) is 6.07 Å². The molecule has 0 spiro atoms. The fourth-order valence-corrected chi connectivity index (χ4v) is 5.67. The lowest BCUT2D eigenvalue weighted by Crippen LogP contribution is -1.99. The molecular formula is C26H17BrN4O3S. The molecule has 5 heterocycles. The molecule has 0 amide bonds. The van der Waals surface area contributed by atoms with Crippen LogP contribution >= 0.6 is 15.9 Å². The van der Waals surface area contributed by atoms with Crippen LogP contribution in [0.25, 0.3) is 57.5 Å². The van der Waals surface area contributed by atoms with Crippen LogP contribution in [-0.2, 0) is 10.1 Å². The predicted molar refractivity (Wildman–Crippen MR) is 142 cm³/mol. The van der Waals surface area contributed by atoms with Gasteiger partial charge >= 0.3 is 0 Å². The molecule has 1 aromatic carbocycles. The highest BCUT2D eigenvalue weighted by atomic mass is 79.9. The van der Waals surface area contributed by atoms with E-state index in [2.05, 4.69) is 30.9 Å². The van der Waals surface area contributed by atoms with Gasteiger partial charge in [0.15, 0.2) is 0 Å². The minimum Gasteiger partial charge on any atom is -0.355 e. The largest absolute Gasteiger partial charge is 0.355 e. The summed E-state index contributed by atoms with van der Waals surface area (Å²) in [6.45, 7) is 0. The third kappa shape index (κ3) is 4.37. The summed E-state index contributed by atoms with van der Waals surface area (Å²) in [6.07, 6.45) is 7.80. The van der Waals surface area contributed by atoms with Crippen molar-refractivity contribution in [1.82, 2.24) is 19.9 Å². The summed E-state index contributed by atoms with van der Waals surface area (Å²) in [5.74, 6) is 0. The molecule has 7 nitrogen and oxygen atoms in total. The van der Waals surface area contributed by atoms with E-state index < -0.39 is 10.1 Å². The monoisotopic (exact) mass is 544 g/mol. The summed E-state index contributed by atoms with van der Waals surface area (Å²) in [7, 11) is -4.34. The lowest BCUT2D eigenvalue weighted by atomic mass is 10.1. The molecule has 8 bridgehead atoms. The highest BCUT2D eigenvalue weighted by Gasteiger charge is 2.16. The van der Waals surface area contributed by atoms with Gasteiger partial charge in [-0.25, -0.2) is 9.97 Å². The number of nitrogens with zero attached hydrogens (tertiary/aromatic N) is 2. The number of H-pyrrole nitrogens is 2. The topological polar surface area (TPSA) is 112 Å². The van der Waals surface area contributed by atoms with E-state index in [4.69, 9.17) is 4.98 Å². The first kappa shape index (κ1) is 21.7. The Balaban J connectivity index is 1.63. The van der Waals surface area contributed by atoms with Crippen LogP contribution in [0.5, 0.6) is 0 Å². The maximum atomic E-state index is 11.6. The molecule has 6 rings (SSSR count). The van der Waals surface area contributed by atoms with Crippen molar-refractivity contribution >= 4 is 72.4 Å². The molecular weight excluding hydrogens is 528 g/mol. The van der Waals surface area contributed by atoms with Gasteiger partial charge in [0.1, 0.15) is 4.90 Å². The van der Waals surface area contributed by atoms with Gasteiger partial charge in [-0.3, -0.25) is 4.55 Å². The highest BCUT2D eigenvalue weighted by Crippen LogP contribution is 2.32. The first-order valence-electron chi connectivity index (χ1n) is 10.7. The number of aromatic nitrogens is 4. The van der Waals surface area contributed by atoms with Crippen molar-refractivity contribution in [3.63, 3.8) is 0 Å². The van der Waals surface area contributed by atoms with E-state index in [1.807, 2.05) is 66.8 Å². The van der Waals surface area contributed by atoms with Gasteiger partial charge in [-0.05, 0) is 100 Å². The second kappa shape index (κ2) is 8.16. The Bertz CT molecular complexity index is 1850. The molecule has 3 N–H and O–H groups in total. The van der Waals surface area contributed by atoms with Crippen molar-refractivity contribution in [3.05, 3.63) is 87.9 Å². The molecule has 3 aromatic heterocycles. The van der Waals surface area contributed by atoms with Gasteiger partial charge in [0.25, 0.3) is 10.1 Å². The van der Waals surface area contributed by atoms with E-state index in [1.54, 1.807) is 12.1 Å². The lowest BCUT2D eigenvalue weighted by Gasteiger charge is -2.04. The van der Waals surface area contributed by atoms with Crippen LogP contribution in [0, 0.1) is 0 Å². The molecule has 172 valence electrons. The molecule has 0 saturated heterocycles. The van der Waals surface area contributed by atoms with Gasteiger partial charge in [-0.2, -0.15) is 8.42 Å². The number of halogens is 1. The Morgan fingerprint density at radius 1 is 0.686 bits per heavy atom. The number of rotatable bonds is 2. The lowest BCUT2D eigenvalue weighted by molar-refractivity contribution is 0.482. The van der Waals surface area contributed by atoms with E-state index in [-0.39, 0.29) is 9.37 Å². The summed E-state index contributed by atoms with van der Waals surface area (Å²) < 4.78 is 33.0. The minimum absolute atomic E-state index is 0.186. The maximum absolute atomic E-state index is 11.6. The normalized spacial score (nSPS) is 12.9. The van der Waals surface area contributed by atoms with E-state index in [9.17, 15) is 13.0 Å². The quantitative estimate of drug-likeness (QED) is 0.220. The van der Waals surface area contributed by atoms with Crippen LogP contribution in [0.1, 0.15) is 22.8 Å². The zero-order valence-electron chi connectivity index (χ0n) is 18.0. The van der Waals surface area contributed by atoms with Crippen molar-refractivity contribution in [1.29, 1.82) is 0 Å². The molecule has 0 saturated carbocycles. The highest BCUT2D eigenvalue weighted by molar-refractivity contribution is 9.10. The van der Waals surface area contributed by atoms with Gasteiger partial charge in [0.2, 0.25) is 0 Å². The first-order chi connectivity index (χ1) is 16.8. The number of hydrogen-bond donors (Lipinski definition) is 3. The summed E-state index contributed by atoms with van der Waals surface area (Å²) in [4.78, 5) is 16.0. The number of hydrogen-bond acceptors (Lipinski definition) is 4. The van der Waals surface area contributed by atoms with Crippen LogP contribution < -0.4 is 0 Å². The van der Waals surface area contributed by atoms with Crippen LogP contribution in [0.2, 0.25) is 0 Å². The molecule has 2 aliphatic rings. The first-order valence-corrected chi connectivity index (χ1v) is 12.9. The molecule has 0 radical (unpaired) electrons. The molecule has 4 aromatic rings. The number of nitrogens with one attached hydrogen (secondary N) is 2. The van der Waals surface area contributed by atoms with Gasteiger partial charge in [0.05, 0.1) is 22.8 Å². The van der Waals surface area contributed by atoms with E-state index in [0.717, 1.165) is 56.0 Å². The Labute approximate surface area is 208 Å². The van der Waals surface area contributed by atoms with Crippen molar-refractivity contribution in [3.8, 4) is 11.1 Å². The van der Waals surface area contributed by atoms with Crippen molar-refractivity contribution in [2.45, 2.75) is 4.90 Å². The van der Waals surface area contributed by atoms with Gasteiger partial charge < -0.3 is 9.97 Å². The van der Waals surface area contributed by atoms with Gasteiger partial charge in [-0.1, -0.05) is 6.07 Å². The Morgan fingerprint density at radius 2 is 1.26 bits per heavy atom. The number of fused-ring (bicyclic) bond motifs is 8. The Kier molecular flexibility index (Phi) is 5.06. The van der Waals surface area contributed by atoms with Crippen LogP contribution in [0.15, 0.2) is 70.0 Å². The Hall–Kier alpha value is -3.79. The van der Waals surface area contributed by atoms with Gasteiger partial charge in [0, 0.05) is 32.1 Å².